The second kappa shape index (κ2) is 37.7. The van der Waals surface area contributed by atoms with Gasteiger partial charge in [-0.25, -0.2) is 4.79 Å². The summed E-state index contributed by atoms with van der Waals surface area (Å²) in [5.74, 6) is -8.00. The standard InChI is InChI=1S/C60H93F2N5O41S/c1-16-42-28(76)35(83)51(94-16)103-43-18(7-68)96-53(37(85)30(43)78)106-46-21(10-71)99-56(40(88)33(46)81)108-48-24(15-109-14-17(63-2)50(91)64-5-3-27(75)93-13-26(74)65-25-4-6-67(59(92)66-25)58-60(61,62)49(90)23(12-73)101-58)100-57(41(89)34(48)82)107-47-22(11-72)98-55(39(87)32(47)80)105-45-20(9-70)97-54(38(86)31(45)79)104-44-19(8-69)95-52(102-42)36(84)29(44)77/h4,6,16-24,28-49,51-58,63,68-73,76-90H,3,5,7-15H2,1-2H3,(H,64,91)(H,65,66,74,92)/t16?,17-,18?,19?,20?,21?,22?,23-,24?,28-,29-,30-,31-,32-,33-,34-,35?,36?,37?,38?,39?,40?,41?,42+,43-,44-,45-,46-,47-,48-,49-,51-,52+,53+,54-,55-,56+,57+,58-/m1/s1. The molecule has 24 N–H and O–H groups in total. The molecule has 1 aromatic heterocycles. The van der Waals surface area contributed by atoms with Crippen LogP contribution in [0.1, 0.15) is 19.6 Å². The predicted octanol–water partition coefficient (Wildman–Crippen LogP) is -15.7. The van der Waals surface area contributed by atoms with Gasteiger partial charge in [-0.1, -0.05) is 0 Å². The molecule has 23 rings (SSSR count). The third-order valence-electron chi connectivity index (χ3n) is 19.7. The SMILES string of the molecule is CN[C@H](CSCC1O[C@H]2O[C@@H]3C(CO)O[C@H](O[C@@H]4C(CO)O[C@H](O[C@@H]5C(CO)O[C@@H](O[C@H]6C(C)O[C@H](O[C@@H]7C(CO)O[C@@H](O[C@@H]8C(CO)O[C@@H](O[C@H]1[C@H](O)C2O)C(O)[C@H]8O)C(O)[C@H]7O)C(O)[C@H]6O)C(O)[C@H]5O)C(O)[C@H]4O)C(O)[C@H]3O)C(=O)NCCC(=O)OCC(=O)Nc1ccn([C@@H]2O[C@H](CO)[C@@H](O)C2(F)F)c(=O)n1. The minimum atomic E-state index is -4.03. The van der Waals surface area contributed by atoms with E-state index in [-0.39, 0.29) is 5.75 Å². The van der Waals surface area contributed by atoms with Crippen molar-refractivity contribution in [2.24, 2.45) is 0 Å². The molecule has 14 unspecified atom stereocenters. The fourth-order valence-corrected chi connectivity index (χ4v) is 14.7. The van der Waals surface area contributed by atoms with Crippen LogP contribution in [-0.4, -0.2) is 445 Å². The molecule has 0 radical (unpaired) electrons. The molecular weight excluding hydrogens is 1520 g/mol. The number of aromatic nitrogens is 2. The Balaban J connectivity index is 0.841. The van der Waals surface area contributed by atoms with E-state index in [9.17, 15) is 135 Å². The molecule has 0 aromatic carbocycles. The molecule has 1 aromatic rings. The third-order valence-corrected chi connectivity index (χ3v) is 20.8. The highest BCUT2D eigenvalue weighted by molar-refractivity contribution is 7.99. The monoisotopic (exact) mass is 1610 g/mol. The number of thioether (sulfide) groups is 1. The van der Waals surface area contributed by atoms with Crippen LogP contribution in [0.2, 0.25) is 0 Å². The largest absolute Gasteiger partial charge is 0.456 e. The normalized spacial score (nSPS) is 46.0. The number of nitrogens with one attached hydrogen (secondary N) is 3. The third kappa shape index (κ3) is 18.8. The summed E-state index contributed by atoms with van der Waals surface area (Å²) in [5, 5.41) is 241. The number of carbonyl (C=O) groups is 3. The van der Waals surface area contributed by atoms with Gasteiger partial charge in [0.1, 0.15) is 171 Å². The number of nitrogens with zero attached hydrogens (tertiary/aromatic N) is 2. The molecular formula is C60H93F2N5O41S. The number of hydrogen-bond acceptors (Lipinski definition) is 44. The lowest BCUT2D eigenvalue weighted by Crippen LogP contribution is -2.68. The maximum Gasteiger partial charge on any atom is 0.351 e. The molecule has 14 bridgehead atoms. The van der Waals surface area contributed by atoms with Gasteiger partial charge >= 0.3 is 17.6 Å². The van der Waals surface area contributed by atoms with Crippen molar-refractivity contribution in [1.82, 2.24) is 20.2 Å². The lowest BCUT2D eigenvalue weighted by Gasteiger charge is -2.50. The fraction of sp³-hybridized carbons (Fsp3) is 0.883. The number of carbonyl (C=O) groups excluding carboxylic acids is 3. The van der Waals surface area contributed by atoms with E-state index in [0.29, 0.717) is 4.57 Å². The van der Waals surface area contributed by atoms with Crippen molar-refractivity contribution in [3.8, 4) is 0 Å². The Morgan fingerprint density at radius 3 is 1.18 bits per heavy atom. The van der Waals surface area contributed by atoms with Crippen molar-refractivity contribution in [3.63, 3.8) is 0 Å². The first-order valence-electron chi connectivity index (χ1n) is 34.4. The second-order valence-electron chi connectivity index (χ2n) is 26.9. The smallest absolute Gasteiger partial charge is 0.351 e. The number of esters is 1. The quantitative estimate of drug-likeness (QED) is 0.0572. The highest BCUT2D eigenvalue weighted by atomic mass is 32.2. The van der Waals surface area contributed by atoms with Crippen LogP contribution in [0.15, 0.2) is 17.1 Å². The summed E-state index contributed by atoms with van der Waals surface area (Å²) in [7, 11) is 1.36. The molecule has 46 nitrogen and oxygen atoms in total. The molecule has 2 amide bonds. The van der Waals surface area contributed by atoms with E-state index < -0.39 is 340 Å². The number of alkyl halides is 2. The Morgan fingerprint density at radius 1 is 0.495 bits per heavy atom. The Morgan fingerprint density at radius 2 is 0.835 bits per heavy atom. The summed E-state index contributed by atoms with van der Waals surface area (Å²) in [4.78, 5) is 54.9. The Bertz CT molecular complexity index is 3170. The molecule has 0 saturated carbocycles. The number of aliphatic hydroxyl groups is 21. The van der Waals surface area contributed by atoms with Gasteiger partial charge in [0.25, 0.3) is 5.91 Å². The molecule has 0 spiro atoms. The van der Waals surface area contributed by atoms with E-state index in [1.54, 1.807) is 0 Å². The molecule has 23 heterocycles. The summed E-state index contributed by atoms with van der Waals surface area (Å²) in [6.45, 7) is -6.54. The molecule has 22 fully saturated rings. The van der Waals surface area contributed by atoms with Gasteiger partial charge in [0.15, 0.2) is 56.7 Å². The van der Waals surface area contributed by atoms with Crippen molar-refractivity contribution >= 4 is 35.4 Å². The Kier molecular flexibility index (Phi) is 30.3. The highest BCUT2D eigenvalue weighted by Gasteiger charge is 2.62. The zero-order chi connectivity index (χ0) is 79.5. The van der Waals surface area contributed by atoms with Crippen LogP contribution in [0, 0.1) is 0 Å². The van der Waals surface area contributed by atoms with Crippen molar-refractivity contribution in [2.75, 3.05) is 76.7 Å². The van der Waals surface area contributed by atoms with Gasteiger partial charge in [0.05, 0.1) is 64.3 Å². The average Bonchev–Trinajstić information content (AvgIpc) is 1.34. The van der Waals surface area contributed by atoms with E-state index >= 15 is 0 Å². The second-order valence-corrected chi connectivity index (χ2v) is 28.0. The summed E-state index contributed by atoms with van der Waals surface area (Å²) >= 11 is 0.862. The summed E-state index contributed by atoms with van der Waals surface area (Å²) in [5.41, 5.74) is -1.36. The number of amides is 2. The average molecular weight is 1610 g/mol. The number of aliphatic hydroxyl groups excluding tert-OH is 21. The number of rotatable bonds is 19. The van der Waals surface area contributed by atoms with Crippen molar-refractivity contribution < 1.29 is 206 Å². The zero-order valence-corrected chi connectivity index (χ0v) is 58.4. The number of hydrogen-bond donors (Lipinski definition) is 24. The predicted molar refractivity (Wildman–Crippen MR) is 338 cm³/mol. The van der Waals surface area contributed by atoms with E-state index in [2.05, 4.69) is 20.9 Å². The lowest BCUT2D eigenvalue weighted by molar-refractivity contribution is -0.395. The van der Waals surface area contributed by atoms with E-state index in [1.165, 1.54) is 14.0 Å². The fourth-order valence-electron chi connectivity index (χ4n) is 13.6. The van der Waals surface area contributed by atoms with Crippen LogP contribution in [0.3, 0.4) is 0 Å². The van der Waals surface area contributed by atoms with Crippen LogP contribution < -0.4 is 21.6 Å². The number of ether oxygens (including phenoxy) is 16. The molecule has 22 aliphatic rings. The number of anilines is 1. The van der Waals surface area contributed by atoms with Crippen molar-refractivity contribution in [3.05, 3.63) is 22.7 Å². The van der Waals surface area contributed by atoms with Gasteiger partial charge in [-0.2, -0.15) is 25.5 Å². The lowest BCUT2D eigenvalue weighted by atomic mass is 9.95. The molecule has 39 atom stereocenters. The van der Waals surface area contributed by atoms with Crippen LogP contribution in [0.25, 0.3) is 0 Å². The molecule has 109 heavy (non-hydrogen) atoms. The van der Waals surface area contributed by atoms with Crippen molar-refractivity contribution in [2.45, 2.75) is 259 Å². The minimum absolute atomic E-state index is 0.232. The van der Waals surface area contributed by atoms with Crippen LogP contribution in [0.5, 0.6) is 0 Å². The number of likely N-dealkylation sites (N-methyl/N-ethyl adjacent to an activating group) is 1. The minimum Gasteiger partial charge on any atom is -0.456 e. The molecule has 624 valence electrons. The summed E-state index contributed by atoms with van der Waals surface area (Å²) < 4.78 is 121. The molecule has 22 saturated heterocycles. The van der Waals surface area contributed by atoms with Crippen LogP contribution >= 0.6 is 11.8 Å². The van der Waals surface area contributed by atoms with Gasteiger partial charge in [-0.15, -0.1) is 0 Å². The van der Waals surface area contributed by atoms with E-state index in [1.807, 2.05) is 0 Å². The summed E-state index contributed by atoms with van der Waals surface area (Å²) in [6, 6.07) is -0.240. The van der Waals surface area contributed by atoms with Crippen molar-refractivity contribution in [1.29, 1.82) is 0 Å². The van der Waals surface area contributed by atoms with Gasteiger partial charge < -0.3 is 199 Å². The van der Waals surface area contributed by atoms with Crippen LogP contribution in [0.4, 0.5) is 14.6 Å². The maximum absolute atomic E-state index is 14.6. The van der Waals surface area contributed by atoms with Crippen LogP contribution in [-0.2, 0) is 90.2 Å². The van der Waals surface area contributed by atoms with Gasteiger partial charge in [-0.3, -0.25) is 19.0 Å². The van der Waals surface area contributed by atoms with E-state index in [4.69, 9.17) is 75.8 Å². The Hall–Kier alpha value is -3.98. The zero-order valence-electron chi connectivity index (χ0n) is 57.6. The van der Waals surface area contributed by atoms with Gasteiger partial charge in [-0.05, 0) is 20.0 Å². The first-order chi connectivity index (χ1) is 51.7. The van der Waals surface area contributed by atoms with Gasteiger partial charge in [0, 0.05) is 24.2 Å². The first kappa shape index (κ1) is 87.4. The molecule has 49 heteroatoms. The topological polar surface area (TPSA) is 695 Å². The van der Waals surface area contributed by atoms with Gasteiger partial charge in [0.2, 0.25) is 12.1 Å². The summed E-state index contributed by atoms with van der Waals surface area (Å²) in [6.07, 6.45) is -77.3. The highest BCUT2D eigenvalue weighted by Crippen LogP contribution is 2.43. The Labute approximate surface area is 618 Å². The number of halogens is 2. The first-order valence-corrected chi connectivity index (χ1v) is 35.5. The maximum atomic E-state index is 14.6. The molecule has 22 aliphatic heterocycles. The molecule has 0 aliphatic carbocycles. The van der Waals surface area contributed by atoms with E-state index in [0.717, 1.165) is 24.0 Å².